The zero-order valence-corrected chi connectivity index (χ0v) is 18.2. The number of aryl methyl sites for hydroxylation is 3. The normalized spacial score (nSPS) is 16.7. The second-order valence-corrected chi connectivity index (χ2v) is 8.13. The van der Waals surface area contributed by atoms with Gasteiger partial charge in [0.1, 0.15) is 6.10 Å². The van der Waals surface area contributed by atoms with Crippen molar-refractivity contribution in [1.29, 1.82) is 0 Å². The van der Waals surface area contributed by atoms with Crippen molar-refractivity contribution in [2.24, 2.45) is 7.05 Å². The molecular formula is C23H25ClN4O2. The lowest BCUT2D eigenvalue weighted by molar-refractivity contribution is -0.0248. The van der Waals surface area contributed by atoms with Gasteiger partial charge in [-0.05, 0) is 49.6 Å². The van der Waals surface area contributed by atoms with E-state index in [-0.39, 0.29) is 12.0 Å². The molecule has 1 aliphatic rings. The van der Waals surface area contributed by atoms with Gasteiger partial charge in [-0.15, -0.1) is 0 Å². The molecule has 1 amide bonds. The van der Waals surface area contributed by atoms with Crippen LogP contribution in [0.15, 0.2) is 42.6 Å². The summed E-state index contributed by atoms with van der Waals surface area (Å²) < 4.78 is 7.67. The van der Waals surface area contributed by atoms with Gasteiger partial charge in [0.05, 0.1) is 30.1 Å². The summed E-state index contributed by atoms with van der Waals surface area (Å²) >= 11 is 6.34. The first-order valence-corrected chi connectivity index (χ1v) is 10.4. The Kier molecular flexibility index (Phi) is 5.88. The van der Waals surface area contributed by atoms with E-state index < -0.39 is 0 Å². The van der Waals surface area contributed by atoms with Crippen molar-refractivity contribution >= 4 is 17.5 Å². The number of halogens is 1. The SMILES string of the molecule is Cc1cc(Cc2ccccc2Cl)cc([C@H]2CN(C(=O)c3cn(C)nc3C)CCO2)n1. The fraction of sp³-hybridized carbons (Fsp3) is 0.348. The Morgan fingerprint density at radius 2 is 2.07 bits per heavy atom. The molecule has 0 spiro atoms. The van der Waals surface area contributed by atoms with Crippen LogP contribution in [0.2, 0.25) is 5.02 Å². The molecule has 2 aromatic heterocycles. The molecule has 0 saturated carbocycles. The van der Waals surface area contributed by atoms with E-state index in [0.29, 0.717) is 25.3 Å². The molecule has 1 saturated heterocycles. The maximum Gasteiger partial charge on any atom is 0.257 e. The van der Waals surface area contributed by atoms with E-state index in [1.54, 1.807) is 10.9 Å². The third-order valence-corrected chi connectivity index (χ3v) is 5.68. The summed E-state index contributed by atoms with van der Waals surface area (Å²) in [7, 11) is 1.82. The number of amides is 1. The maximum atomic E-state index is 13.0. The summed E-state index contributed by atoms with van der Waals surface area (Å²) in [5.74, 6) is -0.0159. The molecule has 6 nitrogen and oxygen atoms in total. The van der Waals surface area contributed by atoms with Gasteiger partial charge in [-0.3, -0.25) is 14.5 Å². The monoisotopic (exact) mass is 424 g/mol. The van der Waals surface area contributed by atoms with Crippen LogP contribution in [0.25, 0.3) is 0 Å². The van der Waals surface area contributed by atoms with Gasteiger partial charge in [-0.1, -0.05) is 29.8 Å². The van der Waals surface area contributed by atoms with Gasteiger partial charge < -0.3 is 9.64 Å². The summed E-state index contributed by atoms with van der Waals surface area (Å²) in [6.45, 7) is 5.33. The zero-order valence-electron chi connectivity index (χ0n) is 17.4. The second-order valence-electron chi connectivity index (χ2n) is 7.72. The van der Waals surface area contributed by atoms with E-state index in [1.165, 1.54) is 0 Å². The number of hydrogen-bond acceptors (Lipinski definition) is 4. The number of carbonyl (C=O) groups is 1. The number of nitrogens with zero attached hydrogens (tertiary/aromatic N) is 4. The van der Waals surface area contributed by atoms with E-state index in [1.807, 2.05) is 50.1 Å². The summed E-state index contributed by atoms with van der Waals surface area (Å²) in [5.41, 5.74) is 5.34. The van der Waals surface area contributed by atoms with Gasteiger partial charge in [0.15, 0.2) is 0 Å². The average Bonchev–Trinajstić information content (AvgIpc) is 3.07. The first kappa shape index (κ1) is 20.6. The average molecular weight is 425 g/mol. The standard InChI is InChI=1S/C23H25ClN4O2/c1-15-10-17(11-18-6-4-5-7-20(18)24)12-21(25-15)22-14-28(8-9-30-22)23(29)19-13-27(3)26-16(19)2/h4-7,10,12-13,22H,8-9,11,14H2,1-3H3/t22-/m1/s1. The van der Waals surface area contributed by atoms with E-state index in [2.05, 4.69) is 17.2 Å². The molecule has 0 radical (unpaired) electrons. The van der Waals surface area contributed by atoms with Crippen molar-refractivity contribution in [3.63, 3.8) is 0 Å². The second kappa shape index (κ2) is 8.58. The van der Waals surface area contributed by atoms with Gasteiger partial charge in [0, 0.05) is 30.5 Å². The summed E-state index contributed by atoms with van der Waals surface area (Å²) in [4.78, 5) is 19.5. The molecule has 1 aliphatic heterocycles. The number of morpholine rings is 1. The third kappa shape index (κ3) is 4.40. The minimum absolute atomic E-state index is 0.0159. The fourth-order valence-corrected chi connectivity index (χ4v) is 4.09. The Morgan fingerprint density at radius 1 is 1.27 bits per heavy atom. The largest absolute Gasteiger partial charge is 0.368 e. The highest BCUT2D eigenvalue weighted by Crippen LogP contribution is 2.26. The third-order valence-electron chi connectivity index (χ3n) is 5.31. The summed E-state index contributed by atoms with van der Waals surface area (Å²) in [5, 5.41) is 5.04. The van der Waals surface area contributed by atoms with Crippen molar-refractivity contribution < 1.29 is 9.53 Å². The molecule has 3 heterocycles. The Balaban J connectivity index is 1.55. The van der Waals surface area contributed by atoms with Crippen molar-refractivity contribution in [2.45, 2.75) is 26.4 Å². The molecule has 30 heavy (non-hydrogen) atoms. The van der Waals surface area contributed by atoms with Crippen LogP contribution in [0.1, 0.15) is 44.7 Å². The number of pyridine rings is 1. The highest BCUT2D eigenvalue weighted by atomic mass is 35.5. The molecule has 3 aromatic rings. The van der Waals surface area contributed by atoms with E-state index in [0.717, 1.165) is 39.7 Å². The van der Waals surface area contributed by atoms with Crippen LogP contribution in [-0.4, -0.2) is 45.3 Å². The van der Waals surface area contributed by atoms with Crippen molar-refractivity contribution in [1.82, 2.24) is 19.7 Å². The van der Waals surface area contributed by atoms with Gasteiger partial charge in [0.2, 0.25) is 0 Å². The van der Waals surface area contributed by atoms with Crippen LogP contribution >= 0.6 is 11.6 Å². The van der Waals surface area contributed by atoms with Gasteiger partial charge in [-0.2, -0.15) is 5.10 Å². The number of rotatable bonds is 4. The maximum absolute atomic E-state index is 13.0. The smallest absolute Gasteiger partial charge is 0.257 e. The number of ether oxygens (including phenoxy) is 1. The van der Waals surface area contributed by atoms with Crippen molar-refractivity contribution in [3.05, 3.63) is 81.4 Å². The van der Waals surface area contributed by atoms with Gasteiger partial charge in [-0.25, -0.2) is 0 Å². The Hall–Kier alpha value is -2.70. The van der Waals surface area contributed by atoms with Crippen LogP contribution in [0, 0.1) is 13.8 Å². The molecule has 1 atom stereocenters. The molecular weight excluding hydrogens is 400 g/mol. The van der Waals surface area contributed by atoms with Crippen LogP contribution < -0.4 is 0 Å². The van der Waals surface area contributed by atoms with Crippen LogP contribution in [-0.2, 0) is 18.2 Å². The highest BCUT2D eigenvalue weighted by Gasteiger charge is 2.29. The lowest BCUT2D eigenvalue weighted by atomic mass is 10.0. The first-order chi connectivity index (χ1) is 14.4. The number of hydrogen-bond donors (Lipinski definition) is 0. The van der Waals surface area contributed by atoms with Crippen LogP contribution in [0.3, 0.4) is 0 Å². The van der Waals surface area contributed by atoms with Crippen LogP contribution in [0.4, 0.5) is 0 Å². The summed E-state index contributed by atoms with van der Waals surface area (Å²) in [6, 6.07) is 12.0. The molecule has 0 N–H and O–H groups in total. The predicted molar refractivity (Wildman–Crippen MR) is 116 cm³/mol. The van der Waals surface area contributed by atoms with Gasteiger partial charge in [0.25, 0.3) is 5.91 Å². The molecule has 7 heteroatoms. The lowest BCUT2D eigenvalue weighted by Crippen LogP contribution is -2.42. The molecule has 156 valence electrons. The molecule has 4 rings (SSSR count). The Morgan fingerprint density at radius 3 is 2.80 bits per heavy atom. The predicted octanol–water partition coefficient (Wildman–Crippen LogP) is 3.89. The fourth-order valence-electron chi connectivity index (χ4n) is 3.89. The summed E-state index contributed by atoms with van der Waals surface area (Å²) in [6.07, 6.45) is 2.24. The number of carbonyl (C=O) groups excluding carboxylic acids is 1. The number of aromatic nitrogens is 3. The lowest BCUT2D eigenvalue weighted by Gasteiger charge is -2.33. The molecule has 1 aromatic carbocycles. The zero-order chi connectivity index (χ0) is 21.3. The van der Waals surface area contributed by atoms with Crippen LogP contribution in [0.5, 0.6) is 0 Å². The van der Waals surface area contributed by atoms with E-state index in [4.69, 9.17) is 21.3 Å². The number of benzene rings is 1. The topological polar surface area (TPSA) is 60.2 Å². The van der Waals surface area contributed by atoms with Crippen molar-refractivity contribution in [2.75, 3.05) is 19.7 Å². The molecule has 0 aliphatic carbocycles. The molecule has 0 unspecified atom stereocenters. The molecule has 1 fully saturated rings. The van der Waals surface area contributed by atoms with Gasteiger partial charge >= 0.3 is 0 Å². The minimum Gasteiger partial charge on any atom is -0.368 e. The Labute approximate surface area is 181 Å². The quantitative estimate of drug-likeness (QED) is 0.637. The van der Waals surface area contributed by atoms with E-state index in [9.17, 15) is 4.79 Å². The minimum atomic E-state index is -0.260. The van der Waals surface area contributed by atoms with E-state index >= 15 is 0 Å². The molecule has 0 bridgehead atoms. The first-order valence-electron chi connectivity index (χ1n) is 10.0. The highest BCUT2D eigenvalue weighted by molar-refractivity contribution is 6.31. The Bertz CT molecular complexity index is 1080. The van der Waals surface area contributed by atoms with Crippen molar-refractivity contribution in [3.8, 4) is 0 Å².